The first kappa shape index (κ1) is 16.5. The van der Waals surface area contributed by atoms with E-state index in [1.165, 1.54) is 19.3 Å². The van der Waals surface area contributed by atoms with Crippen molar-refractivity contribution in [3.8, 4) is 11.4 Å². The molecule has 2 fully saturated rings. The molecule has 2 aromatic rings. The summed E-state index contributed by atoms with van der Waals surface area (Å²) in [5, 5.41) is 3.36. The molecule has 0 N–H and O–H groups in total. The van der Waals surface area contributed by atoms with Crippen LogP contribution in [0.25, 0.3) is 11.4 Å². The molecule has 0 saturated carbocycles. The van der Waals surface area contributed by atoms with Gasteiger partial charge in [-0.15, -0.1) is 0 Å². The second-order valence-electron chi connectivity index (χ2n) is 6.76. The molecule has 1 unspecified atom stereocenters. The van der Waals surface area contributed by atoms with E-state index in [0.29, 0.717) is 18.7 Å². The first-order chi connectivity index (χ1) is 12.1. The molecule has 2 aliphatic heterocycles. The summed E-state index contributed by atoms with van der Waals surface area (Å²) in [6.07, 6.45) is 7.50. The molecule has 0 aliphatic carbocycles. The third-order valence-electron chi connectivity index (χ3n) is 4.98. The molecule has 25 heavy (non-hydrogen) atoms. The summed E-state index contributed by atoms with van der Waals surface area (Å²) in [5.74, 6) is 1.75. The molecule has 0 spiro atoms. The van der Waals surface area contributed by atoms with Crippen LogP contribution in [0.1, 0.15) is 49.7 Å². The van der Waals surface area contributed by atoms with Crippen LogP contribution in [-0.2, 0) is 9.84 Å². The highest BCUT2D eigenvalue weighted by Gasteiger charge is 2.34. The second kappa shape index (κ2) is 6.74. The van der Waals surface area contributed by atoms with Crippen LogP contribution in [-0.4, -0.2) is 42.4 Å². The van der Waals surface area contributed by atoms with Gasteiger partial charge in [0.1, 0.15) is 11.1 Å². The maximum atomic E-state index is 12.2. The van der Waals surface area contributed by atoms with Gasteiger partial charge in [-0.1, -0.05) is 11.6 Å². The molecule has 0 amide bonds. The Morgan fingerprint density at radius 3 is 2.76 bits per heavy atom. The Morgan fingerprint density at radius 1 is 1.12 bits per heavy atom. The van der Waals surface area contributed by atoms with Crippen LogP contribution in [0.15, 0.2) is 22.9 Å². The maximum absolute atomic E-state index is 12.2. The van der Waals surface area contributed by atoms with Gasteiger partial charge in [-0.3, -0.25) is 0 Å². The Kier molecular flexibility index (Phi) is 4.45. The van der Waals surface area contributed by atoms with Crippen molar-refractivity contribution < 1.29 is 12.9 Å². The minimum atomic E-state index is -3.19. The predicted octanol–water partition coefficient (Wildman–Crippen LogP) is 2.76. The minimum absolute atomic E-state index is 0.198. The third-order valence-corrected chi connectivity index (χ3v) is 7.14. The Balaban J connectivity index is 1.60. The zero-order valence-electron chi connectivity index (χ0n) is 14.1. The van der Waals surface area contributed by atoms with Gasteiger partial charge in [-0.2, -0.15) is 4.98 Å². The number of rotatable bonds is 3. The van der Waals surface area contributed by atoms with Gasteiger partial charge < -0.3 is 9.42 Å². The second-order valence-corrected chi connectivity index (χ2v) is 9.06. The van der Waals surface area contributed by atoms with Gasteiger partial charge in [-0.05, 0) is 44.2 Å². The number of sulfone groups is 1. The Bertz CT molecular complexity index is 843. The van der Waals surface area contributed by atoms with E-state index in [2.05, 4.69) is 20.0 Å². The van der Waals surface area contributed by atoms with Gasteiger partial charge in [-0.25, -0.2) is 13.4 Å². The van der Waals surface area contributed by atoms with Gasteiger partial charge >= 0.3 is 0 Å². The molecule has 0 aromatic carbocycles. The highest BCUT2D eigenvalue weighted by Crippen LogP contribution is 2.33. The molecule has 8 heteroatoms. The number of hydrogen-bond donors (Lipinski definition) is 0. The molecule has 2 aromatic heterocycles. The lowest BCUT2D eigenvalue weighted by Gasteiger charge is -2.27. The number of aromatic nitrogens is 3. The first-order valence-electron chi connectivity index (χ1n) is 8.90. The Labute approximate surface area is 147 Å². The summed E-state index contributed by atoms with van der Waals surface area (Å²) in [5.41, 5.74) is 0.804. The molecule has 4 rings (SSSR count). The number of hydrogen-bond acceptors (Lipinski definition) is 7. The van der Waals surface area contributed by atoms with Crippen molar-refractivity contribution in [2.45, 2.75) is 43.8 Å². The normalized spacial score (nSPS) is 23.5. The summed E-state index contributed by atoms with van der Waals surface area (Å²) < 4.78 is 29.8. The minimum Gasteiger partial charge on any atom is -0.357 e. The van der Waals surface area contributed by atoms with Gasteiger partial charge in [0.15, 0.2) is 9.84 Å². The SMILES string of the molecule is O=S1(=O)CCCCC1c1nc(-c2ccnc(N3CCCCC3)c2)no1. The van der Waals surface area contributed by atoms with Crippen molar-refractivity contribution in [3.05, 3.63) is 24.2 Å². The molecule has 1 atom stereocenters. The van der Waals surface area contributed by atoms with Gasteiger partial charge in [0.05, 0.1) is 5.75 Å². The fourth-order valence-corrected chi connectivity index (χ4v) is 5.39. The Morgan fingerprint density at radius 2 is 1.96 bits per heavy atom. The zero-order chi connectivity index (χ0) is 17.3. The molecular weight excluding hydrogens is 340 g/mol. The van der Waals surface area contributed by atoms with E-state index in [0.717, 1.165) is 30.9 Å². The highest BCUT2D eigenvalue weighted by atomic mass is 32.2. The van der Waals surface area contributed by atoms with Crippen LogP contribution in [0.4, 0.5) is 5.82 Å². The lowest BCUT2D eigenvalue weighted by Crippen LogP contribution is -2.30. The van der Waals surface area contributed by atoms with Crippen molar-refractivity contribution >= 4 is 15.7 Å². The van der Waals surface area contributed by atoms with E-state index in [1.54, 1.807) is 6.20 Å². The fourth-order valence-electron chi connectivity index (χ4n) is 3.57. The fraction of sp³-hybridized carbons (Fsp3) is 0.588. The van der Waals surface area contributed by atoms with E-state index in [4.69, 9.17) is 4.52 Å². The molecule has 2 saturated heterocycles. The van der Waals surface area contributed by atoms with Gasteiger partial charge in [0.25, 0.3) is 0 Å². The summed E-state index contributed by atoms with van der Waals surface area (Å²) in [7, 11) is -3.19. The van der Waals surface area contributed by atoms with E-state index in [-0.39, 0.29) is 11.6 Å². The number of anilines is 1. The number of piperidine rings is 1. The van der Waals surface area contributed by atoms with Crippen molar-refractivity contribution in [1.82, 2.24) is 15.1 Å². The summed E-state index contributed by atoms with van der Waals surface area (Å²) >= 11 is 0. The van der Waals surface area contributed by atoms with Crippen molar-refractivity contribution in [2.24, 2.45) is 0 Å². The van der Waals surface area contributed by atoms with Crippen LogP contribution >= 0.6 is 0 Å². The zero-order valence-corrected chi connectivity index (χ0v) is 14.9. The summed E-state index contributed by atoms with van der Waals surface area (Å²) in [6, 6.07) is 3.78. The molecule has 4 heterocycles. The molecular formula is C17H22N4O3S. The lowest BCUT2D eigenvalue weighted by atomic mass is 10.1. The molecule has 0 radical (unpaired) electrons. The third kappa shape index (κ3) is 3.40. The average Bonchev–Trinajstić information content (AvgIpc) is 3.12. The summed E-state index contributed by atoms with van der Waals surface area (Å²) in [6.45, 7) is 2.02. The quantitative estimate of drug-likeness (QED) is 0.829. The maximum Gasteiger partial charge on any atom is 0.245 e. The van der Waals surface area contributed by atoms with Crippen LogP contribution in [0.5, 0.6) is 0 Å². The van der Waals surface area contributed by atoms with E-state index in [9.17, 15) is 8.42 Å². The van der Waals surface area contributed by atoms with Gasteiger partial charge in [0, 0.05) is 24.8 Å². The van der Waals surface area contributed by atoms with Crippen molar-refractivity contribution in [1.29, 1.82) is 0 Å². The summed E-state index contributed by atoms with van der Waals surface area (Å²) in [4.78, 5) is 11.1. The number of pyridine rings is 1. The van der Waals surface area contributed by atoms with E-state index < -0.39 is 15.1 Å². The molecule has 0 bridgehead atoms. The van der Waals surface area contributed by atoms with E-state index in [1.807, 2.05) is 12.1 Å². The first-order valence-corrected chi connectivity index (χ1v) is 10.6. The highest BCUT2D eigenvalue weighted by molar-refractivity contribution is 7.91. The van der Waals surface area contributed by atoms with E-state index >= 15 is 0 Å². The van der Waals surface area contributed by atoms with Crippen LogP contribution < -0.4 is 4.90 Å². The van der Waals surface area contributed by atoms with Crippen LogP contribution in [0, 0.1) is 0 Å². The molecule has 2 aliphatic rings. The average molecular weight is 362 g/mol. The van der Waals surface area contributed by atoms with Crippen molar-refractivity contribution in [2.75, 3.05) is 23.7 Å². The molecule has 134 valence electrons. The van der Waals surface area contributed by atoms with Crippen molar-refractivity contribution in [3.63, 3.8) is 0 Å². The monoisotopic (exact) mass is 362 g/mol. The smallest absolute Gasteiger partial charge is 0.245 e. The Hall–Kier alpha value is -1.96. The van der Waals surface area contributed by atoms with Gasteiger partial charge in [0.2, 0.25) is 11.7 Å². The number of nitrogens with zero attached hydrogens (tertiary/aromatic N) is 4. The van der Waals surface area contributed by atoms with Crippen LogP contribution in [0.3, 0.4) is 0 Å². The lowest BCUT2D eigenvalue weighted by molar-refractivity contribution is 0.364. The van der Waals surface area contributed by atoms with Crippen LogP contribution in [0.2, 0.25) is 0 Å². The largest absolute Gasteiger partial charge is 0.357 e. The standard InChI is InChI=1S/C17H22N4O3S/c22-25(23)11-5-2-6-14(25)17-19-16(20-24-17)13-7-8-18-15(12-13)21-9-3-1-4-10-21/h7-8,12,14H,1-6,9-11H2. The topological polar surface area (TPSA) is 89.2 Å². The predicted molar refractivity (Wildman–Crippen MR) is 94.0 cm³/mol. The molecule has 7 nitrogen and oxygen atoms in total.